The van der Waals surface area contributed by atoms with Crippen molar-refractivity contribution in [2.45, 2.75) is 56.5 Å². The zero-order chi connectivity index (χ0) is 38.9. The number of quaternary nitrogens is 1. The Balaban J connectivity index is 0.893. The second-order valence-corrected chi connectivity index (χ2v) is 14.5. The standard InChI is InChI=1S/C39H44N10O7/c40-19-36(53)56-23-48-34(51)13-12-31(39(48)54)47-16-17-55-37-27(5-3-6-30(37)47)24-8-10-25(11-9-24)45-14-15-46(35(52)22-45)26-20-42-49(21-26)32-18-29(43-44-38(32)41)28-4-1-2-7-33(28)50/h1-7,18,20-21,24-25,31,50H,8-17,19,22-23,40H2,(H2,41,44)/p+1. The number of rotatable bonds is 9. The summed E-state index contributed by atoms with van der Waals surface area (Å²) in [5, 5.41) is 23.0. The molecule has 5 heterocycles. The molecule has 0 radical (unpaired) electrons. The average Bonchev–Trinajstić information content (AvgIpc) is 3.71. The van der Waals surface area contributed by atoms with Crippen molar-refractivity contribution >= 4 is 40.9 Å². The molecule has 3 aliphatic heterocycles. The second-order valence-electron chi connectivity index (χ2n) is 14.5. The topological polar surface area (TPSA) is 217 Å². The Kier molecular flexibility index (Phi) is 10.3. The number of phenolic OH excluding ortho intramolecular Hbond substituents is 1. The summed E-state index contributed by atoms with van der Waals surface area (Å²) in [5.41, 5.74) is 13.7. The molecule has 4 aromatic rings. The number of amides is 3. The van der Waals surface area contributed by atoms with Crippen molar-refractivity contribution in [2.75, 3.05) is 61.6 Å². The number of imide groups is 1. The van der Waals surface area contributed by atoms with E-state index < -0.39 is 18.7 Å². The van der Waals surface area contributed by atoms with Crippen molar-refractivity contribution in [1.29, 1.82) is 0 Å². The van der Waals surface area contributed by atoms with Crippen molar-refractivity contribution in [2.24, 2.45) is 0 Å². The number of para-hydroxylation sites is 2. The van der Waals surface area contributed by atoms with E-state index in [4.69, 9.17) is 15.2 Å². The van der Waals surface area contributed by atoms with E-state index >= 15 is 0 Å². The molecule has 3 fully saturated rings. The summed E-state index contributed by atoms with van der Waals surface area (Å²) in [7, 11) is 0. The van der Waals surface area contributed by atoms with Crippen LogP contribution in [0.5, 0.6) is 11.5 Å². The van der Waals surface area contributed by atoms with Crippen molar-refractivity contribution in [3.05, 3.63) is 66.5 Å². The van der Waals surface area contributed by atoms with Crippen LogP contribution < -0.4 is 26.0 Å². The maximum atomic E-state index is 13.6. The summed E-state index contributed by atoms with van der Waals surface area (Å²) in [5.74, 6) is -0.0295. The number of esters is 1. The number of benzene rings is 2. The molecular weight excluding hydrogens is 720 g/mol. The first-order chi connectivity index (χ1) is 27.2. The van der Waals surface area contributed by atoms with Gasteiger partial charge in [0.15, 0.2) is 19.1 Å². The van der Waals surface area contributed by atoms with Crippen LogP contribution in [0.25, 0.3) is 16.9 Å². The van der Waals surface area contributed by atoms with Gasteiger partial charge >= 0.3 is 5.97 Å². The van der Waals surface area contributed by atoms with Gasteiger partial charge in [-0.2, -0.15) is 5.10 Å². The molecule has 56 heavy (non-hydrogen) atoms. The van der Waals surface area contributed by atoms with Crippen LogP contribution in [0.3, 0.4) is 0 Å². The average molecular weight is 766 g/mol. The molecule has 292 valence electrons. The number of carbonyl (C=O) groups excluding carboxylic acids is 4. The Morgan fingerprint density at radius 1 is 0.964 bits per heavy atom. The first kappa shape index (κ1) is 36.9. The summed E-state index contributed by atoms with van der Waals surface area (Å²) in [4.78, 5) is 58.5. The van der Waals surface area contributed by atoms with Crippen LogP contribution in [0.15, 0.2) is 60.9 Å². The highest BCUT2D eigenvalue weighted by atomic mass is 16.5. The molecule has 2 aromatic carbocycles. The number of ether oxygens (including phenoxy) is 2. The van der Waals surface area contributed by atoms with E-state index in [9.17, 15) is 24.3 Å². The lowest BCUT2D eigenvalue weighted by Crippen LogP contribution is -2.58. The van der Waals surface area contributed by atoms with Crippen LogP contribution in [0, 0.1) is 0 Å². The molecule has 1 atom stereocenters. The molecule has 8 rings (SSSR count). The van der Waals surface area contributed by atoms with E-state index in [-0.39, 0.29) is 54.2 Å². The van der Waals surface area contributed by atoms with Gasteiger partial charge < -0.3 is 35.8 Å². The quantitative estimate of drug-likeness (QED) is 0.163. The van der Waals surface area contributed by atoms with Crippen molar-refractivity contribution in [3.8, 4) is 28.4 Å². The monoisotopic (exact) mass is 765 g/mol. The largest absolute Gasteiger partial charge is 0.507 e. The Hall–Kier alpha value is -6.07. The molecule has 6 N–H and O–H groups in total. The minimum atomic E-state index is -0.574. The molecule has 1 aliphatic carbocycles. The maximum Gasteiger partial charge on any atom is 0.363 e. The fourth-order valence-electron chi connectivity index (χ4n) is 8.40. The molecule has 0 spiro atoms. The highest BCUT2D eigenvalue weighted by Gasteiger charge is 2.41. The van der Waals surface area contributed by atoms with E-state index in [1.807, 2.05) is 17.0 Å². The molecule has 3 amide bonds. The fourth-order valence-corrected chi connectivity index (χ4v) is 8.40. The number of piperazine rings is 1. The van der Waals surface area contributed by atoms with Crippen LogP contribution in [0.4, 0.5) is 17.2 Å². The van der Waals surface area contributed by atoms with Crippen LogP contribution in [-0.4, -0.2) is 117 Å². The van der Waals surface area contributed by atoms with Gasteiger partial charge in [0, 0.05) is 31.1 Å². The summed E-state index contributed by atoms with van der Waals surface area (Å²) < 4.78 is 12.9. The third-order valence-electron chi connectivity index (χ3n) is 11.3. The first-order valence-electron chi connectivity index (χ1n) is 19.0. The predicted molar refractivity (Wildman–Crippen MR) is 202 cm³/mol. The van der Waals surface area contributed by atoms with E-state index in [0.29, 0.717) is 55.3 Å². The number of nitrogens with zero attached hydrogens (tertiary/aromatic N) is 8. The number of piperidine rings is 1. The first-order valence-corrected chi connectivity index (χ1v) is 19.0. The van der Waals surface area contributed by atoms with E-state index in [1.54, 1.807) is 52.3 Å². The zero-order valence-corrected chi connectivity index (χ0v) is 31.0. The molecule has 4 aliphatic rings. The molecule has 17 heteroatoms. The maximum absolute atomic E-state index is 13.6. The SMILES string of the molecule is Nc1nnc(-c2ccccc2O)cc1-n1cc(N2CCN(C3CCC(c4cccc5c4OCCN5C4CCC(=O)N(COC(=O)C[NH3+])C4=O)CC3)CC2=O)cn1. The number of phenols is 1. The van der Waals surface area contributed by atoms with Gasteiger partial charge in [-0.25, -0.2) is 14.4 Å². The highest BCUT2D eigenvalue weighted by Crippen LogP contribution is 2.45. The van der Waals surface area contributed by atoms with Gasteiger partial charge in [0.1, 0.15) is 29.8 Å². The second kappa shape index (κ2) is 15.6. The van der Waals surface area contributed by atoms with Gasteiger partial charge in [0.2, 0.25) is 11.8 Å². The lowest BCUT2D eigenvalue weighted by Gasteiger charge is -2.43. The third kappa shape index (κ3) is 7.10. The van der Waals surface area contributed by atoms with E-state index in [2.05, 4.69) is 32.0 Å². The number of aromatic hydroxyl groups is 1. The number of likely N-dealkylation sites (tertiary alicyclic amines) is 1. The minimum absolute atomic E-state index is 0.00248. The number of hydrogen-bond donors (Lipinski definition) is 3. The van der Waals surface area contributed by atoms with Crippen LogP contribution >= 0.6 is 0 Å². The summed E-state index contributed by atoms with van der Waals surface area (Å²) >= 11 is 0. The molecular formula is C39H45N10O7+. The lowest BCUT2D eigenvalue weighted by atomic mass is 9.80. The molecule has 1 saturated carbocycles. The number of nitrogens with two attached hydrogens (primary N) is 1. The number of anilines is 3. The number of nitrogen functional groups attached to an aromatic ring is 1. The van der Waals surface area contributed by atoms with E-state index in [0.717, 1.165) is 54.1 Å². The predicted octanol–water partition coefficient (Wildman–Crippen LogP) is 1.45. The number of aromatic nitrogens is 4. The van der Waals surface area contributed by atoms with Crippen LogP contribution in [0.2, 0.25) is 0 Å². The van der Waals surface area contributed by atoms with Gasteiger partial charge in [-0.3, -0.25) is 19.3 Å². The van der Waals surface area contributed by atoms with Gasteiger partial charge in [-0.1, -0.05) is 24.3 Å². The zero-order valence-electron chi connectivity index (χ0n) is 31.0. The van der Waals surface area contributed by atoms with Gasteiger partial charge in [0.25, 0.3) is 5.91 Å². The Bertz CT molecular complexity index is 2150. The van der Waals surface area contributed by atoms with Gasteiger partial charge in [-0.15, -0.1) is 10.2 Å². The van der Waals surface area contributed by atoms with Crippen LogP contribution in [0.1, 0.15) is 50.0 Å². The summed E-state index contributed by atoms with van der Waals surface area (Å²) in [6, 6.07) is 14.3. The fraction of sp³-hybridized carbons (Fsp3) is 0.410. The Morgan fingerprint density at radius 2 is 1.79 bits per heavy atom. The normalized spacial score (nSPS) is 21.8. The smallest absolute Gasteiger partial charge is 0.363 e. The van der Waals surface area contributed by atoms with E-state index in [1.165, 1.54) is 0 Å². The number of hydrogen-bond acceptors (Lipinski definition) is 13. The third-order valence-corrected chi connectivity index (χ3v) is 11.3. The molecule has 17 nitrogen and oxygen atoms in total. The molecule has 2 saturated heterocycles. The summed E-state index contributed by atoms with van der Waals surface area (Å²) in [6.45, 7) is 1.97. The van der Waals surface area contributed by atoms with Gasteiger partial charge in [0.05, 0.1) is 42.6 Å². The Labute approximate surface area is 322 Å². The van der Waals surface area contributed by atoms with Crippen molar-refractivity contribution in [1.82, 2.24) is 29.8 Å². The van der Waals surface area contributed by atoms with Crippen molar-refractivity contribution in [3.63, 3.8) is 0 Å². The van der Waals surface area contributed by atoms with Crippen LogP contribution in [-0.2, 0) is 23.9 Å². The number of fused-ring (bicyclic) bond motifs is 1. The molecule has 2 aromatic heterocycles. The highest BCUT2D eigenvalue weighted by molar-refractivity contribution is 6.02. The minimum Gasteiger partial charge on any atom is -0.507 e. The molecule has 0 bridgehead atoms. The molecule has 1 unspecified atom stereocenters. The summed E-state index contributed by atoms with van der Waals surface area (Å²) in [6.07, 6.45) is 7.67. The lowest BCUT2D eigenvalue weighted by molar-refractivity contribution is -0.360. The number of carbonyl (C=O) groups is 4. The van der Waals surface area contributed by atoms with Crippen molar-refractivity contribution < 1.29 is 39.5 Å². The van der Waals surface area contributed by atoms with Gasteiger partial charge in [-0.05, 0) is 67.9 Å². The Morgan fingerprint density at radius 3 is 2.57 bits per heavy atom.